The lowest BCUT2D eigenvalue weighted by atomic mass is 9.92. The molecule has 0 amide bonds. The van der Waals surface area contributed by atoms with Crippen LogP contribution in [0.25, 0.3) is 0 Å². The molecule has 1 atom stereocenters. The molecule has 3 rings (SSSR count). The van der Waals surface area contributed by atoms with Gasteiger partial charge in [-0.1, -0.05) is 41.4 Å². The Labute approximate surface area is 225 Å². The molecule has 3 aromatic rings. The molecular formula is C25H29Cl2N5O3S. The molecule has 0 aliphatic heterocycles. The zero-order valence-corrected chi connectivity index (χ0v) is 22.8. The number of aromatic nitrogens is 1. The highest BCUT2D eigenvalue weighted by atomic mass is 35.5. The largest absolute Gasteiger partial charge is 0.462 e. The predicted octanol–water partition coefficient (Wildman–Crippen LogP) is 5.29. The van der Waals surface area contributed by atoms with Gasteiger partial charge in [-0.25, -0.2) is 0 Å². The first-order valence-corrected chi connectivity index (χ1v) is 12.2. The maximum Gasteiger partial charge on any atom is 0.311 e. The smallest absolute Gasteiger partial charge is 0.311 e. The van der Waals surface area contributed by atoms with Crippen molar-refractivity contribution in [2.75, 3.05) is 17.7 Å². The van der Waals surface area contributed by atoms with Crippen LogP contribution in [0, 0.1) is 10.8 Å². The number of thiocarbonyl (C=S) groups is 1. The number of ether oxygens (including phenoxy) is 1. The molecule has 0 spiro atoms. The van der Waals surface area contributed by atoms with E-state index in [1.54, 1.807) is 55.8 Å². The lowest BCUT2D eigenvalue weighted by molar-refractivity contribution is -0.155. The fourth-order valence-corrected chi connectivity index (χ4v) is 3.99. The number of rotatable bonds is 7. The van der Waals surface area contributed by atoms with E-state index in [0.29, 0.717) is 28.0 Å². The predicted molar refractivity (Wildman–Crippen MR) is 146 cm³/mol. The van der Waals surface area contributed by atoms with E-state index in [1.807, 2.05) is 19.1 Å². The minimum atomic E-state index is -0.948. The molecule has 2 aromatic carbocycles. The van der Waals surface area contributed by atoms with E-state index in [2.05, 4.69) is 10.6 Å². The number of anilines is 2. The third-order valence-electron chi connectivity index (χ3n) is 5.49. The summed E-state index contributed by atoms with van der Waals surface area (Å²) in [5.74, 6) is -0.354. The van der Waals surface area contributed by atoms with Gasteiger partial charge in [-0.3, -0.25) is 14.8 Å². The average Bonchev–Trinajstić information content (AvgIpc) is 3.20. The van der Waals surface area contributed by atoms with Crippen LogP contribution >= 0.6 is 35.4 Å². The van der Waals surface area contributed by atoms with Crippen molar-refractivity contribution in [2.45, 2.75) is 39.8 Å². The lowest BCUT2D eigenvalue weighted by Crippen LogP contribution is -2.49. The number of nitrogens with one attached hydrogen (secondary N) is 3. The van der Waals surface area contributed by atoms with Crippen molar-refractivity contribution in [3.05, 3.63) is 75.7 Å². The van der Waals surface area contributed by atoms with Gasteiger partial charge in [-0.2, -0.15) is 0 Å². The Hall–Kier alpha value is -3.01. The van der Waals surface area contributed by atoms with E-state index in [4.69, 9.17) is 55.7 Å². The van der Waals surface area contributed by atoms with Crippen LogP contribution in [0.4, 0.5) is 11.4 Å². The van der Waals surface area contributed by atoms with E-state index < -0.39 is 11.0 Å². The van der Waals surface area contributed by atoms with Gasteiger partial charge in [0.15, 0.2) is 5.11 Å². The molecule has 8 nitrogen and oxygen atoms in total. The third kappa shape index (κ3) is 6.60. The number of nitrogens with two attached hydrogens (primary N) is 1. The normalized spacial score (nSPS) is 13.1. The molecule has 1 aromatic heterocycles. The van der Waals surface area contributed by atoms with E-state index in [9.17, 15) is 4.79 Å². The molecule has 1 heterocycles. The van der Waals surface area contributed by atoms with Crippen molar-refractivity contribution in [3.63, 3.8) is 0 Å². The number of benzene rings is 2. The minimum Gasteiger partial charge on any atom is -0.462 e. The molecule has 5 N–H and O–H groups in total. The van der Waals surface area contributed by atoms with E-state index in [-0.39, 0.29) is 23.4 Å². The van der Waals surface area contributed by atoms with Gasteiger partial charge in [0.2, 0.25) is 0 Å². The first-order valence-electron chi connectivity index (χ1n) is 11.1. The quantitative estimate of drug-likeness (QED) is 0.179. The number of carbonyl (C=O) groups is 1. The van der Waals surface area contributed by atoms with Crippen molar-refractivity contribution in [1.29, 1.82) is 5.41 Å². The number of carbonyl (C=O) groups excluding carboxylic acids is 1. The number of nitrogen functional groups attached to an aromatic ring is 1. The van der Waals surface area contributed by atoms with Gasteiger partial charge in [0, 0.05) is 6.20 Å². The summed E-state index contributed by atoms with van der Waals surface area (Å²) in [6, 6.07) is 10.6. The van der Waals surface area contributed by atoms with Crippen LogP contribution in [0.5, 0.6) is 0 Å². The van der Waals surface area contributed by atoms with Crippen LogP contribution in [0.15, 0.2) is 53.3 Å². The summed E-state index contributed by atoms with van der Waals surface area (Å²) in [6.45, 7) is 7.52. The number of hydrogen-bond donors (Lipinski definition) is 4. The summed E-state index contributed by atoms with van der Waals surface area (Å²) < 4.78 is 12.4. The fraction of sp³-hybridized carbons (Fsp3) is 0.320. The number of halogens is 2. The standard InChI is InChI=1S/C25H29Cl2N5O3S/c1-24(2,3)21(33)35-14-25(4,16-8-9-17(26)18(27)12-16)31-23(36)30-20-15(6-5-7-19(20)28)13-32-10-11-34-22(32)29/h5-12,29H,13-14,28H2,1-4H3,(H2,30,31,36). The summed E-state index contributed by atoms with van der Waals surface area (Å²) in [4.78, 5) is 12.5. The van der Waals surface area contributed by atoms with Gasteiger partial charge < -0.3 is 25.5 Å². The van der Waals surface area contributed by atoms with E-state index >= 15 is 0 Å². The summed E-state index contributed by atoms with van der Waals surface area (Å²) in [5, 5.41) is 15.3. The SMILES string of the molecule is CC(C)(C)C(=O)OCC(C)(NC(=S)Nc1c(N)cccc1Cn1ccoc1=N)c1ccc(Cl)c(Cl)c1. The van der Waals surface area contributed by atoms with Crippen LogP contribution in [-0.2, 0) is 21.6 Å². The highest BCUT2D eigenvalue weighted by Crippen LogP contribution is 2.31. The molecule has 0 saturated heterocycles. The minimum absolute atomic E-state index is 0.0110. The molecule has 0 fully saturated rings. The van der Waals surface area contributed by atoms with Crippen molar-refractivity contribution in [2.24, 2.45) is 5.41 Å². The molecule has 0 aliphatic rings. The zero-order valence-electron chi connectivity index (χ0n) is 20.4. The molecule has 0 bridgehead atoms. The molecule has 0 aliphatic carbocycles. The van der Waals surface area contributed by atoms with Gasteiger partial charge in [0.05, 0.1) is 38.9 Å². The third-order valence-corrected chi connectivity index (χ3v) is 6.44. The molecule has 0 saturated carbocycles. The first kappa shape index (κ1) is 27.6. The first-order chi connectivity index (χ1) is 16.8. The second-order valence-electron chi connectivity index (χ2n) is 9.58. The van der Waals surface area contributed by atoms with Crippen LogP contribution < -0.4 is 22.1 Å². The molecule has 0 radical (unpaired) electrons. The molecule has 36 heavy (non-hydrogen) atoms. The van der Waals surface area contributed by atoms with Gasteiger partial charge >= 0.3 is 5.97 Å². The summed E-state index contributed by atoms with van der Waals surface area (Å²) >= 11 is 18.1. The van der Waals surface area contributed by atoms with Gasteiger partial charge in [0.25, 0.3) is 5.68 Å². The Balaban J connectivity index is 1.88. The number of oxazole rings is 1. The van der Waals surface area contributed by atoms with Crippen LogP contribution in [0.1, 0.15) is 38.8 Å². The van der Waals surface area contributed by atoms with Crippen molar-refractivity contribution >= 4 is 57.9 Å². The Morgan fingerprint density at radius 3 is 2.53 bits per heavy atom. The summed E-state index contributed by atoms with van der Waals surface area (Å²) in [7, 11) is 0. The number of hydrogen-bond acceptors (Lipinski definition) is 6. The highest BCUT2D eigenvalue weighted by molar-refractivity contribution is 7.80. The molecule has 192 valence electrons. The molecule has 11 heteroatoms. The van der Waals surface area contributed by atoms with Gasteiger partial charge in [-0.05, 0) is 69.2 Å². The number of esters is 1. The van der Waals surface area contributed by atoms with Crippen LogP contribution in [0.3, 0.4) is 0 Å². The topological polar surface area (TPSA) is 118 Å². The number of para-hydroxylation sites is 1. The Morgan fingerprint density at radius 1 is 1.19 bits per heavy atom. The average molecular weight is 551 g/mol. The second-order valence-corrected chi connectivity index (χ2v) is 10.8. The maximum absolute atomic E-state index is 12.5. The summed E-state index contributed by atoms with van der Waals surface area (Å²) in [6.07, 6.45) is 3.10. The monoisotopic (exact) mass is 549 g/mol. The molecule has 1 unspecified atom stereocenters. The Bertz CT molecular complexity index is 1330. The highest BCUT2D eigenvalue weighted by Gasteiger charge is 2.33. The van der Waals surface area contributed by atoms with Crippen molar-refractivity contribution in [3.8, 4) is 0 Å². The summed E-state index contributed by atoms with van der Waals surface area (Å²) in [5.41, 5.74) is 7.24. The second kappa shape index (κ2) is 10.9. The zero-order chi connectivity index (χ0) is 26.7. The fourth-order valence-electron chi connectivity index (χ4n) is 3.37. The van der Waals surface area contributed by atoms with Crippen molar-refractivity contribution < 1.29 is 13.9 Å². The maximum atomic E-state index is 12.5. The van der Waals surface area contributed by atoms with Crippen LogP contribution in [0.2, 0.25) is 10.0 Å². The number of nitrogens with zero attached hydrogens (tertiary/aromatic N) is 1. The van der Waals surface area contributed by atoms with E-state index in [0.717, 1.165) is 11.1 Å². The lowest BCUT2D eigenvalue weighted by Gasteiger charge is -2.33. The van der Waals surface area contributed by atoms with Gasteiger partial charge in [0.1, 0.15) is 12.9 Å². The van der Waals surface area contributed by atoms with Crippen LogP contribution in [-0.4, -0.2) is 22.3 Å². The Kier molecular flexibility index (Phi) is 8.38. The van der Waals surface area contributed by atoms with Crippen molar-refractivity contribution in [1.82, 2.24) is 9.88 Å². The van der Waals surface area contributed by atoms with E-state index in [1.165, 1.54) is 6.26 Å². The van der Waals surface area contributed by atoms with Gasteiger partial charge in [-0.15, -0.1) is 0 Å². The Morgan fingerprint density at radius 2 is 1.92 bits per heavy atom. The molecular weight excluding hydrogens is 521 g/mol.